The molecule has 0 heterocycles. The Kier molecular flexibility index (Phi) is 11.9. The summed E-state index contributed by atoms with van der Waals surface area (Å²) in [6, 6.07) is 0. The summed E-state index contributed by atoms with van der Waals surface area (Å²) in [7, 11) is 0. The predicted molar refractivity (Wildman–Crippen MR) is 271 cm³/mol. The molecule has 14 rings (SSSR count). The molecule has 0 heteroatoms. The molecule has 0 aromatic rings. The summed E-state index contributed by atoms with van der Waals surface area (Å²) in [6.07, 6.45) is 58.5. The molecule has 364 valence electrons. The monoisotopic (exact) mass is 885 g/mol. The molecule has 0 aromatic carbocycles. The summed E-state index contributed by atoms with van der Waals surface area (Å²) >= 11 is 0. The van der Waals surface area contributed by atoms with Gasteiger partial charge in [-0.3, -0.25) is 0 Å². The molecule has 14 fully saturated rings. The SMILES string of the molecule is CC1(C)C2CC(C3CCC4CCC(C5CC6C7CCCCC7C7CCCCC7C6C6CCCCC56)CC4C3)CCC2C2CCC(C3CC4C5CCCCC5CCC4C4CCCCC34)CC21. The first-order valence-electron chi connectivity index (χ1n) is 32.0. The first-order chi connectivity index (χ1) is 32.0. The van der Waals surface area contributed by atoms with Crippen LogP contribution in [0.1, 0.15) is 245 Å². The molecule has 65 heavy (non-hydrogen) atoms. The quantitative estimate of drug-likeness (QED) is 0.265. The van der Waals surface area contributed by atoms with Crippen LogP contribution in [-0.2, 0) is 0 Å². The molecule has 26 unspecified atom stereocenters. The highest BCUT2D eigenvalue weighted by molar-refractivity contribution is 5.11. The van der Waals surface area contributed by atoms with Gasteiger partial charge in [-0.25, -0.2) is 0 Å². The second-order valence-electron chi connectivity index (χ2n) is 30.3. The van der Waals surface area contributed by atoms with Gasteiger partial charge < -0.3 is 0 Å². The standard InChI is InChI=1S/C65H104/c1-65(2)62-35-42(28-31-54(62)55-32-29-44(36-63(55)65)58-37-60-46-14-4-3-13-40(46)27-30-53(60)48-16-5-7-18-50(48)58)41-25-23-39-24-26-43(34-45(39)33-41)59-38-61-51-19-8-6-15-47(51)49-17-9-11-21-56(49)64(61)57-22-12-10-20-52(57)59/h39-64H,3-38H2,1-2H3. The third kappa shape index (κ3) is 7.27. The Balaban J connectivity index is 0.652. The predicted octanol–water partition coefficient (Wildman–Crippen LogP) is 18.3. The van der Waals surface area contributed by atoms with E-state index >= 15 is 0 Å². The fraction of sp³-hybridized carbons (Fsp3) is 1.00. The average Bonchev–Trinajstić information content (AvgIpc) is 3.59. The van der Waals surface area contributed by atoms with Gasteiger partial charge in [0.15, 0.2) is 0 Å². The van der Waals surface area contributed by atoms with E-state index in [0.717, 1.165) is 154 Å². The zero-order valence-electron chi connectivity index (χ0n) is 43.0. The van der Waals surface area contributed by atoms with E-state index in [2.05, 4.69) is 13.8 Å². The van der Waals surface area contributed by atoms with Crippen molar-refractivity contribution in [1.82, 2.24) is 0 Å². The third-order valence-corrected chi connectivity index (χ3v) is 28.7. The maximum atomic E-state index is 2.89. The molecule has 14 saturated carbocycles. The van der Waals surface area contributed by atoms with Crippen LogP contribution in [0.4, 0.5) is 0 Å². The van der Waals surface area contributed by atoms with Gasteiger partial charge >= 0.3 is 0 Å². The van der Waals surface area contributed by atoms with Crippen LogP contribution in [0.2, 0.25) is 0 Å². The van der Waals surface area contributed by atoms with Gasteiger partial charge in [0.25, 0.3) is 0 Å². The van der Waals surface area contributed by atoms with Crippen molar-refractivity contribution in [2.45, 2.75) is 245 Å². The van der Waals surface area contributed by atoms with Gasteiger partial charge in [0, 0.05) is 0 Å². The van der Waals surface area contributed by atoms with Crippen molar-refractivity contribution in [3.8, 4) is 0 Å². The van der Waals surface area contributed by atoms with Crippen LogP contribution in [0, 0.1) is 159 Å². The van der Waals surface area contributed by atoms with Gasteiger partial charge in [-0.2, -0.15) is 0 Å². The van der Waals surface area contributed by atoms with E-state index in [-0.39, 0.29) is 0 Å². The fourth-order valence-electron chi connectivity index (χ4n) is 26.6. The highest BCUT2D eigenvalue weighted by Crippen LogP contribution is 2.70. The van der Waals surface area contributed by atoms with E-state index in [9.17, 15) is 0 Å². The van der Waals surface area contributed by atoms with Gasteiger partial charge in [0.1, 0.15) is 0 Å². The Morgan fingerprint density at radius 2 is 0.554 bits per heavy atom. The van der Waals surface area contributed by atoms with Crippen LogP contribution in [0.15, 0.2) is 0 Å². The van der Waals surface area contributed by atoms with Crippen LogP contribution in [0.3, 0.4) is 0 Å². The Hall–Kier alpha value is 0. The topological polar surface area (TPSA) is 0 Å². The van der Waals surface area contributed by atoms with Gasteiger partial charge in [-0.05, 0) is 320 Å². The van der Waals surface area contributed by atoms with Gasteiger partial charge in [0.2, 0.25) is 0 Å². The van der Waals surface area contributed by atoms with Gasteiger partial charge in [-0.1, -0.05) is 84.5 Å². The van der Waals surface area contributed by atoms with E-state index in [0.29, 0.717) is 5.41 Å². The second-order valence-corrected chi connectivity index (χ2v) is 30.3. The van der Waals surface area contributed by atoms with Crippen LogP contribution >= 0.6 is 0 Å². The first-order valence-corrected chi connectivity index (χ1v) is 32.0. The number of hydrogen-bond acceptors (Lipinski definition) is 0. The van der Waals surface area contributed by atoms with Crippen molar-refractivity contribution in [3.63, 3.8) is 0 Å². The molecule has 0 nitrogen and oxygen atoms in total. The maximum Gasteiger partial charge on any atom is -0.0292 e. The molecule has 14 aliphatic rings. The molecule has 0 saturated heterocycles. The minimum Gasteiger partial charge on any atom is -0.0594 e. The van der Waals surface area contributed by atoms with Crippen molar-refractivity contribution < 1.29 is 0 Å². The molecule has 26 atom stereocenters. The molecule has 0 radical (unpaired) electrons. The first kappa shape index (κ1) is 43.8. The molecule has 0 bridgehead atoms. The van der Waals surface area contributed by atoms with Gasteiger partial charge in [-0.15, -0.1) is 0 Å². The van der Waals surface area contributed by atoms with Crippen molar-refractivity contribution in [2.24, 2.45) is 159 Å². The van der Waals surface area contributed by atoms with Crippen LogP contribution in [0.25, 0.3) is 0 Å². The van der Waals surface area contributed by atoms with Crippen molar-refractivity contribution in [2.75, 3.05) is 0 Å². The number of rotatable bonds is 3. The molecule has 14 aliphatic carbocycles. The van der Waals surface area contributed by atoms with Crippen LogP contribution in [0.5, 0.6) is 0 Å². The lowest BCUT2D eigenvalue weighted by molar-refractivity contribution is -0.150. The van der Waals surface area contributed by atoms with Gasteiger partial charge in [0.05, 0.1) is 0 Å². The Morgan fingerprint density at radius 3 is 1.20 bits per heavy atom. The lowest BCUT2D eigenvalue weighted by Gasteiger charge is -2.64. The summed E-state index contributed by atoms with van der Waals surface area (Å²) in [6.45, 7) is 5.78. The van der Waals surface area contributed by atoms with Crippen LogP contribution in [-0.4, -0.2) is 0 Å². The molecule has 0 spiro atoms. The van der Waals surface area contributed by atoms with E-state index in [1.54, 1.807) is 231 Å². The fourth-order valence-corrected chi connectivity index (χ4v) is 26.6. The largest absolute Gasteiger partial charge is 0.0594 e. The zero-order valence-corrected chi connectivity index (χ0v) is 43.0. The molecular formula is C65H104. The highest BCUT2D eigenvalue weighted by atomic mass is 14.7. The third-order valence-electron chi connectivity index (χ3n) is 28.7. The Bertz CT molecular complexity index is 1650. The molecule has 0 N–H and O–H groups in total. The summed E-state index contributed by atoms with van der Waals surface area (Å²) in [5.74, 6) is 29.0. The lowest BCUT2D eigenvalue weighted by atomic mass is 9.41. The molecule has 0 amide bonds. The van der Waals surface area contributed by atoms with Crippen molar-refractivity contribution in [1.29, 1.82) is 0 Å². The smallest absolute Gasteiger partial charge is 0.0292 e. The van der Waals surface area contributed by atoms with E-state index in [1.807, 2.05) is 0 Å². The average molecular weight is 886 g/mol. The number of hydrogen-bond donors (Lipinski definition) is 0. The maximum absolute atomic E-state index is 2.89. The minimum atomic E-state index is 0.589. The summed E-state index contributed by atoms with van der Waals surface area (Å²) in [4.78, 5) is 0. The van der Waals surface area contributed by atoms with Crippen molar-refractivity contribution in [3.05, 3.63) is 0 Å². The highest BCUT2D eigenvalue weighted by Gasteiger charge is 2.62. The van der Waals surface area contributed by atoms with Crippen LogP contribution < -0.4 is 0 Å². The van der Waals surface area contributed by atoms with Crippen molar-refractivity contribution >= 4 is 0 Å². The Morgan fingerprint density at radius 1 is 0.200 bits per heavy atom. The van der Waals surface area contributed by atoms with E-state index in [1.165, 1.54) is 0 Å². The number of fused-ring (bicyclic) bond motifs is 17. The molecular weight excluding hydrogens is 781 g/mol. The summed E-state index contributed by atoms with van der Waals surface area (Å²) < 4.78 is 0. The summed E-state index contributed by atoms with van der Waals surface area (Å²) in [5.41, 5.74) is 0.589. The zero-order chi connectivity index (χ0) is 43.0. The second kappa shape index (κ2) is 17.6. The van der Waals surface area contributed by atoms with E-state index < -0.39 is 0 Å². The molecule has 0 aromatic heterocycles. The Labute approximate surface area is 402 Å². The summed E-state index contributed by atoms with van der Waals surface area (Å²) in [5, 5.41) is 0. The normalized spacial score (nSPS) is 58.1. The molecule has 0 aliphatic heterocycles. The van der Waals surface area contributed by atoms with E-state index in [4.69, 9.17) is 0 Å². The lowest BCUT2D eigenvalue weighted by Crippen LogP contribution is -2.57. The minimum absolute atomic E-state index is 0.589.